The van der Waals surface area contributed by atoms with E-state index in [9.17, 15) is 5.11 Å². The third kappa shape index (κ3) is 6.17. The Morgan fingerprint density at radius 1 is 1.42 bits per heavy atom. The molecule has 1 aliphatic rings. The van der Waals surface area contributed by atoms with Crippen LogP contribution >= 0.6 is 0 Å². The number of nitrogens with one attached hydrogen (secondary N) is 2. The monoisotopic (exact) mass is 336 g/mol. The highest BCUT2D eigenvalue weighted by Crippen LogP contribution is 2.15. The smallest absolute Gasteiger partial charge is 0.191 e. The molecule has 136 valence electrons. The summed E-state index contributed by atoms with van der Waals surface area (Å²) >= 11 is 0. The van der Waals surface area contributed by atoms with Crippen molar-refractivity contribution in [2.75, 3.05) is 32.7 Å². The van der Waals surface area contributed by atoms with E-state index >= 15 is 0 Å². The molecule has 1 unspecified atom stereocenters. The second-order valence-electron chi connectivity index (χ2n) is 6.50. The highest BCUT2D eigenvalue weighted by Gasteiger charge is 2.16. The molecule has 0 aromatic carbocycles. The zero-order chi connectivity index (χ0) is 17.4. The van der Waals surface area contributed by atoms with Gasteiger partial charge in [0, 0.05) is 26.2 Å². The molecule has 0 bridgehead atoms. The van der Waals surface area contributed by atoms with E-state index in [1.54, 1.807) is 0 Å². The van der Waals surface area contributed by atoms with Gasteiger partial charge in [0.1, 0.15) is 11.5 Å². The highest BCUT2D eigenvalue weighted by molar-refractivity contribution is 5.80. The molecule has 1 atom stereocenters. The van der Waals surface area contributed by atoms with Crippen LogP contribution in [0, 0.1) is 6.92 Å². The number of furan rings is 1. The fourth-order valence-electron chi connectivity index (χ4n) is 2.91. The Bertz CT molecular complexity index is 507. The molecule has 0 amide bonds. The van der Waals surface area contributed by atoms with E-state index in [4.69, 9.17) is 4.42 Å². The number of guanidine groups is 1. The normalized spacial score (nSPS) is 18.6. The molecule has 0 saturated carbocycles. The fraction of sp³-hybridized carbons (Fsp3) is 0.722. The van der Waals surface area contributed by atoms with E-state index in [2.05, 4.69) is 34.4 Å². The molecule has 6 heteroatoms. The number of aliphatic hydroxyl groups excluding tert-OH is 1. The van der Waals surface area contributed by atoms with Gasteiger partial charge in [-0.2, -0.15) is 0 Å². The maximum absolute atomic E-state index is 9.54. The van der Waals surface area contributed by atoms with E-state index in [1.165, 1.54) is 0 Å². The first-order chi connectivity index (χ1) is 11.6. The zero-order valence-electron chi connectivity index (χ0n) is 15.2. The van der Waals surface area contributed by atoms with Gasteiger partial charge in [-0.3, -0.25) is 4.99 Å². The summed E-state index contributed by atoms with van der Waals surface area (Å²) in [5.41, 5.74) is 0. The molecule has 1 aromatic rings. The average Bonchev–Trinajstić information content (AvgIpc) is 3.00. The summed E-state index contributed by atoms with van der Waals surface area (Å²) in [7, 11) is 0. The lowest BCUT2D eigenvalue weighted by Gasteiger charge is -2.29. The third-order valence-electron chi connectivity index (χ3n) is 4.34. The number of aliphatic hydroxyl groups is 1. The molecule has 3 N–H and O–H groups in total. The minimum Gasteiger partial charge on any atom is -0.464 e. The first-order valence-corrected chi connectivity index (χ1v) is 9.10. The Kier molecular flexibility index (Phi) is 7.59. The largest absolute Gasteiger partial charge is 0.464 e. The fourth-order valence-corrected chi connectivity index (χ4v) is 2.91. The molecule has 0 spiro atoms. The van der Waals surface area contributed by atoms with Gasteiger partial charge in [0.2, 0.25) is 0 Å². The molecule has 2 rings (SSSR count). The minimum absolute atomic E-state index is 0.0834. The summed E-state index contributed by atoms with van der Waals surface area (Å²) in [6.45, 7) is 10.8. The van der Waals surface area contributed by atoms with Crippen molar-refractivity contribution in [3.05, 3.63) is 23.7 Å². The number of aryl methyl sites for hydroxylation is 1. The van der Waals surface area contributed by atoms with Crippen molar-refractivity contribution in [3.8, 4) is 0 Å². The van der Waals surface area contributed by atoms with Crippen LogP contribution in [0.4, 0.5) is 0 Å². The summed E-state index contributed by atoms with van der Waals surface area (Å²) in [6.07, 6.45) is 2.72. The molecule has 6 nitrogen and oxygen atoms in total. The number of hydrogen-bond acceptors (Lipinski definition) is 4. The Morgan fingerprint density at radius 2 is 2.17 bits per heavy atom. The summed E-state index contributed by atoms with van der Waals surface area (Å²) in [4.78, 5) is 7.08. The summed E-state index contributed by atoms with van der Waals surface area (Å²) in [6, 6.07) is 4.06. The van der Waals surface area contributed by atoms with Crippen LogP contribution in [0.15, 0.2) is 21.5 Å². The molecule has 24 heavy (non-hydrogen) atoms. The third-order valence-corrected chi connectivity index (χ3v) is 4.34. The second kappa shape index (κ2) is 9.69. The van der Waals surface area contributed by atoms with Gasteiger partial charge in [-0.15, -0.1) is 0 Å². The number of aliphatic imine (C=N–C) groups is 1. The van der Waals surface area contributed by atoms with Crippen LogP contribution in [0.1, 0.15) is 50.7 Å². The summed E-state index contributed by atoms with van der Waals surface area (Å²) in [5.74, 6) is 2.67. The van der Waals surface area contributed by atoms with Crippen molar-refractivity contribution in [1.29, 1.82) is 0 Å². The van der Waals surface area contributed by atoms with Crippen molar-refractivity contribution >= 4 is 5.96 Å². The Balaban J connectivity index is 1.75. The number of nitrogens with zero attached hydrogens (tertiary/aromatic N) is 2. The van der Waals surface area contributed by atoms with Crippen molar-refractivity contribution in [2.24, 2.45) is 4.99 Å². The van der Waals surface area contributed by atoms with Crippen molar-refractivity contribution in [2.45, 2.75) is 52.2 Å². The van der Waals surface area contributed by atoms with Gasteiger partial charge < -0.3 is 25.1 Å². The number of rotatable bonds is 7. The van der Waals surface area contributed by atoms with Gasteiger partial charge in [0.15, 0.2) is 5.96 Å². The lowest BCUT2D eigenvalue weighted by Crippen LogP contribution is -2.39. The van der Waals surface area contributed by atoms with Crippen LogP contribution in [-0.2, 0) is 0 Å². The average molecular weight is 336 g/mol. The molecule has 1 saturated heterocycles. The topological polar surface area (TPSA) is 73.0 Å². The standard InChI is InChI=1S/C18H32N4O2/c1-4-19-18(21-15(3)17-7-6-14(2)24-17)20-10-5-11-22-12-8-16(23)9-13-22/h6-7,15-16,23H,4-5,8-13H2,1-3H3,(H2,19,20,21). The zero-order valence-corrected chi connectivity index (χ0v) is 15.2. The highest BCUT2D eigenvalue weighted by atomic mass is 16.3. The molecular weight excluding hydrogens is 304 g/mol. The Morgan fingerprint density at radius 3 is 2.79 bits per heavy atom. The molecule has 0 aliphatic carbocycles. The molecule has 1 fully saturated rings. The van der Waals surface area contributed by atoms with Gasteiger partial charge in [-0.05, 0) is 58.7 Å². The number of piperidine rings is 1. The van der Waals surface area contributed by atoms with E-state index in [0.717, 1.165) is 69.5 Å². The SMILES string of the molecule is CCNC(=NCCCN1CCC(O)CC1)NC(C)c1ccc(C)o1. The molecule has 1 aliphatic heterocycles. The second-order valence-corrected chi connectivity index (χ2v) is 6.50. The molecule has 0 radical (unpaired) electrons. The Hall–Kier alpha value is -1.53. The maximum atomic E-state index is 9.54. The molecule has 2 heterocycles. The van der Waals surface area contributed by atoms with Crippen LogP contribution in [0.5, 0.6) is 0 Å². The van der Waals surface area contributed by atoms with Gasteiger partial charge in [0.05, 0.1) is 12.1 Å². The van der Waals surface area contributed by atoms with Gasteiger partial charge in [0.25, 0.3) is 0 Å². The summed E-state index contributed by atoms with van der Waals surface area (Å²) < 4.78 is 5.67. The predicted molar refractivity (Wildman–Crippen MR) is 97.3 cm³/mol. The van der Waals surface area contributed by atoms with Gasteiger partial charge >= 0.3 is 0 Å². The lowest BCUT2D eigenvalue weighted by molar-refractivity contribution is 0.0824. The van der Waals surface area contributed by atoms with Crippen molar-refractivity contribution in [3.63, 3.8) is 0 Å². The van der Waals surface area contributed by atoms with Crippen LogP contribution in [-0.4, -0.2) is 54.8 Å². The molecular formula is C18H32N4O2. The van der Waals surface area contributed by atoms with E-state index in [0.29, 0.717) is 0 Å². The van der Waals surface area contributed by atoms with E-state index in [-0.39, 0.29) is 12.1 Å². The van der Waals surface area contributed by atoms with Gasteiger partial charge in [-0.25, -0.2) is 0 Å². The summed E-state index contributed by atoms with van der Waals surface area (Å²) in [5, 5.41) is 16.2. The number of likely N-dealkylation sites (tertiary alicyclic amines) is 1. The van der Waals surface area contributed by atoms with Crippen LogP contribution in [0.2, 0.25) is 0 Å². The minimum atomic E-state index is -0.101. The number of hydrogen-bond donors (Lipinski definition) is 3. The van der Waals surface area contributed by atoms with Crippen LogP contribution in [0.25, 0.3) is 0 Å². The van der Waals surface area contributed by atoms with Crippen LogP contribution in [0.3, 0.4) is 0 Å². The quantitative estimate of drug-likeness (QED) is 0.404. The van der Waals surface area contributed by atoms with Crippen LogP contribution < -0.4 is 10.6 Å². The van der Waals surface area contributed by atoms with Gasteiger partial charge in [-0.1, -0.05) is 0 Å². The maximum Gasteiger partial charge on any atom is 0.191 e. The lowest BCUT2D eigenvalue weighted by atomic mass is 10.1. The first-order valence-electron chi connectivity index (χ1n) is 9.10. The first kappa shape index (κ1) is 18.8. The Labute approximate surface area is 145 Å². The predicted octanol–water partition coefficient (Wildman–Crippen LogP) is 2.05. The van der Waals surface area contributed by atoms with Crippen molar-refractivity contribution < 1.29 is 9.52 Å². The van der Waals surface area contributed by atoms with E-state index < -0.39 is 0 Å². The van der Waals surface area contributed by atoms with E-state index in [1.807, 2.05) is 19.1 Å². The van der Waals surface area contributed by atoms with Crippen molar-refractivity contribution in [1.82, 2.24) is 15.5 Å². The molecule has 1 aromatic heterocycles.